The highest BCUT2D eigenvalue weighted by molar-refractivity contribution is 6.06. The Morgan fingerprint density at radius 2 is 1.94 bits per heavy atom. The summed E-state index contributed by atoms with van der Waals surface area (Å²) in [5.41, 5.74) is 3.71. The van der Waals surface area contributed by atoms with Gasteiger partial charge in [-0.1, -0.05) is 20.8 Å². The third kappa shape index (κ3) is 4.05. The number of Topliss-reactive ketones (excluding diaryl/α,β-unsaturated/α-hetero) is 1. The van der Waals surface area contributed by atoms with Crippen LogP contribution in [0.3, 0.4) is 0 Å². The molecule has 0 unspecified atom stereocenters. The maximum absolute atomic E-state index is 15.3. The minimum absolute atomic E-state index is 0.00976. The molecule has 0 amide bonds. The highest BCUT2D eigenvalue weighted by Gasteiger charge is 2.33. The SMILES string of the molecule is CCOc1cc2c(c(F)c1OCC)C(=N)N(CC(=O)c1cc(C(C)(C)C)c3nc[nH]c3c1)C2. The number of rotatable bonds is 7. The first-order chi connectivity index (χ1) is 15.7. The standard InChI is InChI=1S/C25H29FN4O3/c1-6-32-19-10-15-11-30(24(27)20(15)21(26)23(19)33-7-2)12-18(31)14-8-16(25(3,4)5)22-17(9-14)28-13-29-22/h8-10,13,27H,6-7,11-12H2,1-5H3,(H,28,29). The lowest BCUT2D eigenvalue weighted by Crippen LogP contribution is -2.30. The number of halogens is 1. The molecular formula is C25H29FN4O3. The zero-order chi connectivity index (χ0) is 23.9. The number of nitrogens with one attached hydrogen (secondary N) is 2. The van der Waals surface area contributed by atoms with Crippen molar-refractivity contribution in [3.05, 3.63) is 52.6 Å². The van der Waals surface area contributed by atoms with Gasteiger partial charge < -0.3 is 19.4 Å². The van der Waals surface area contributed by atoms with Gasteiger partial charge in [-0.2, -0.15) is 0 Å². The van der Waals surface area contributed by atoms with Crippen LogP contribution in [-0.4, -0.2) is 46.2 Å². The number of hydrogen-bond acceptors (Lipinski definition) is 5. The van der Waals surface area contributed by atoms with E-state index >= 15 is 4.39 Å². The number of carbonyl (C=O) groups is 1. The number of amidine groups is 1. The van der Waals surface area contributed by atoms with E-state index in [4.69, 9.17) is 14.9 Å². The van der Waals surface area contributed by atoms with Crippen LogP contribution in [0.25, 0.3) is 11.0 Å². The second-order valence-electron chi connectivity index (χ2n) is 9.12. The number of aromatic amines is 1. The molecule has 33 heavy (non-hydrogen) atoms. The molecule has 7 nitrogen and oxygen atoms in total. The predicted molar refractivity (Wildman–Crippen MR) is 125 cm³/mol. The minimum Gasteiger partial charge on any atom is -0.490 e. The summed E-state index contributed by atoms with van der Waals surface area (Å²) in [6.45, 7) is 10.7. The molecule has 0 saturated carbocycles. The molecule has 0 atom stereocenters. The number of ketones is 1. The zero-order valence-corrected chi connectivity index (χ0v) is 19.6. The fraction of sp³-hybridized carbons (Fsp3) is 0.400. The number of imidazole rings is 1. The summed E-state index contributed by atoms with van der Waals surface area (Å²) < 4.78 is 26.3. The van der Waals surface area contributed by atoms with E-state index in [1.807, 2.05) is 13.0 Å². The largest absolute Gasteiger partial charge is 0.490 e. The average Bonchev–Trinajstić information content (AvgIpc) is 3.34. The fourth-order valence-electron chi connectivity index (χ4n) is 4.21. The quantitative estimate of drug-likeness (QED) is 0.502. The number of aromatic nitrogens is 2. The molecule has 0 bridgehead atoms. The Morgan fingerprint density at radius 1 is 1.21 bits per heavy atom. The summed E-state index contributed by atoms with van der Waals surface area (Å²) in [4.78, 5) is 22.3. The van der Waals surface area contributed by atoms with Crippen LogP contribution in [0.15, 0.2) is 24.5 Å². The lowest BCUT2D eigenvalue weighted by molar-refractivity contribution is 0.0962. The lowest BCUT2D eigenvalue weighted by Gasteiger charge is -2.21. The third-order valence-corrected chi connectivity index (χ3v) is 5.76. The highest BCUT2D eigenvalue weighted by Crippen LogP contribution is 2.39. The first-order valence-corrected chi connectivity index (χ1v) is 11.1. The molecule has 4 rings (SSSR count). The Morgan fingerprint density at radius 3 is 2.61 bits per heavy atom. The van der Waals surface area contributed by atoms with Gasteiger partial charge in [0.15, 0.2) is 23.1 Å². The number of carbonyl (C=O) groups excluding carboxylic acids is 1. The Kier molecular flexibility index (Phi) is 5.86. The van der Waals surface area contributed by atoms with Gasteiger partial charge >= 0.3 is 0 Å². The summed E-state index contributed by atoms with van der Waals surface area (Å²) in [6, 6.07) is 5.37. The van der Waals surface area contributed by atoms with E-state index in [0.29, 0.717) is 23.5 Å². The van der Waals surface area contributed by atoms with Crippen molar-refractivity contribution >= 4 is 22.7 Å². The van der Waals surface area contributed by atoms with Crippen LogP contribution in [0.5, 0.6) is 11.5 Å². The summed E-state index contributed by atoms with van der Waals surface area (Å²) in [5.74, 6) is -0.471. The highest BCUT2D eigenvalue weighted by atomic mass is 19.1. The van der Waals surface area contributed by atoms with Gasteiger partial charge in [-0.15, -0.1) is 0 Å². The van der Waals surface area contributed by atoms with Crippen molar-refractivity contribution in [2.24, 2.45) is 0 Å². The van der Waals surface area contributed by atoms with Gasteiger partial charge in [-0.3, -0.25) is 10.2 Å². The van der Waals surface area contributed by atoms with Gasteiger partial charge in [0.2, 0.25) is 0 Å². The molecule has 8 heteroatoms. The molecule has 2 N–H and O–H groups in total. The Bertz CT molecular complexity index is 1240. The first kappa shape index (κ1) is 22.8. The summed E-state index contributed by atoms with van der Waals surface area (Å²) in [6.07, 6.45) is 1.62. The molecule has 1 aromatic heterocycles. The molecule has 0 saturated heterocycles. The van der Waals surface area contributed by atoms with E-state index in [1.165, 1.54) is 0 Å². The molecule has 0 aliphatic carbocycles. The molecular weight excluding hydrogens is 423 g/mol. The lowest BCUT2D eigenvalue weighted by atomic mass is 9.84. The number of nitrogens with zero attached hydrogens (tertiary/aromatic N) is 2. The second-order valence-corrected chi connectivity index (χ2v) is 9.12. The Hall–Kier alpha value is -3.42. The maximum Gasteiger partial charge on any atom is 0.197 e. The molecule has 174 valence electrons. The molecule has 3 aromatic rings. The van der Waals surface area contributed by atoms with Gasteiger partial charge in [0, 0.05) is 12.1 Å². The van der Waals surface area contributed by atoms with E-state index < -0.39 is 5.82 Å². The molecule has 1 aliphatic heterocycles. The average molecular weight is 453 g/mol. The van der Waals surface area contributed by atoms with Crippen LogP contribution in [-0.2, 0) is 12.0 Å². The normalized spacial score (nSPS) is 13.5. The molecule has 1 aliphatic rings. The van der Waals surface area contributed by atoms with Crippen LogP contribution in [0.1, 0.15) is 61.7 Å². The van der Waals surface area contributed by atoms with Gasteiger partial charge in [0.05, 0.1) is 42.7 Å². The van der Waals surface area contributed by atoms with Crippen molar-refractivity contribution < 1.29 is 18.7 Å². The Balaban J connectivity index is 1.64. The van der Waals surface area contributed by atoms with Crippen molar-refractivity contribution in [2.75, 3.05) is 19.8 Å². The van der Waals surface area contributed by atoms with Crippen molar-refractivity contribution in [1.29, 1.82) is 5.41 Å². The van der Waals surface area contributed by atoms with Crippen LogP contribution in [0.4, 0.5) is 4.39 Å². The molecule has 0 fully saturated rings. The summed E-state index contributed by atoms with van der Waals surface area (Å²) in [7, 11) is 0. The van der Waals surface area contributed by atoms with Crippen molar-refractivity contribution in [3.8, 4) is 11.5 Å². The van der Waals surface area contributed by atoms with Crippen molar-refractivity contribution in [1.82, 2.24) is 14.9 Å². The van der Waals surface area contributed by atoms with Gasteiger partial charge in [0.1, 0.15) is 5.84 Å². The topological polar surface area (TPSA) is 91.3 Å². The molecule has 2 heterocycles. The van der Waals surface area contributed by atoms with E-state index in [-0.39, 0.29) is 48.0 Å². The fourth-order valence-corrected chi connectivity index (χ4v) is 4.21. The van der Waals surface area contributed by atoms with E-state index in [9.17, 15) is 4.79 Å². The number of fused-ring (bicyclic) bond motifs is 2. The smallest absolute Gasteiger partial charge is 0.197 e. The second kappa shape index (κ2) is 8.50. The van der Waals surface area contributed by atoms with Crippen LogP contribution in [0.2, 0.25) is 0 Å². The number of ether oxygens (including phenoxy) is 2. The van der Waals surface area contributed by atoms with Crippen molar-refractivity contribution in [2.45, 2.75) is 46.6 Å². The van der Waals surface area contributed by atoms with Gasteiger partial charge in [0.25, 0.3) is 0 Å². The van der Waals surface area contributed by atoms with Crippen LogP contribution < -0.4 is 9.47 Å². The zero-order valence-electron chi connectivity index (χ0n) is 19.6. The number of hydrogen-bond donors (Lipinski definition) is 2. The van der Waals surface area contributed by atoms with E-state index in [2.05, 4.69) is 30.7 Å². The van der Waals surface area contributed by atoms with Gasteiger partial charge in [-0.25, -0.2) is 9.37 Å². The number of benzene rings is 2. The molecule has 0 radical (unpaired) electrons. The summed E-state index contributed by atoms with van der Waals surface area (Å²) >= 11 is 0. The maximum atomic E-state index is 15.3. The predicted octanol–water partition coefficient (Wildman–Crippen LogP) is 4.82. The van der Waals surface area contributed by atoms with E-state index in [0.717, 1.165) is 16.6 Å². The van der Waals surface area contributed by atoms with Crippen molar-refractivity contribution in [3.63, 3.8) is 0 Å². The van der Waals surface area contributed by atoms with Crippen LogP contribution in [0, 0.1) is 11.2 Å². The molecule has 0 spiro atoms. The monoisotopic (exact) mass is 452 g/mol. The van der Waals surface area contributed by atoms with Gasteiger partial charge in [-0.05, 0) is 48.6 Å². The third-order valence-electron chi connectivity index (χ3n) is 5.76. The Labute approximate surface area is 192 Å². The minimum atomic E-state index is -0.619. The first-order valence-electron chi connectivity index (χ1n) is 11.1. The summed E-state index contributed by atoms with van der Waals surface area (Å²) in [5, 5.41) is 8.55. The van der Waals surface area contributed by atoms with Crippen LogP contribution >= 0.6 is 0 Å². The number of H-pyrrole nitrogens is 1. The van der Waals surface area contributed by atoms with E-state index in [1.54, 1.807) is 30.3 Å². The molecule has 2 aromatic carbocycles.